The number of carbonyl (C=O) groups excluding carboxylic acids is 1. The first-order valence-corrected chi connectivity index (χ1v) is 6.65. The van der Waals surface area contributed by atoms with E-state index in [0.717, 1.165) is 12.8 Å². The molecular weight excluding hydrogens is 232 g/mol. The van der Waals surface area contributed by atoms with Crippen LogP contribution < -0.4 is 5.32 Å². The second kappa shape index (κ2) is 7.95. The second-order valence-electron chi connectivity index (χ2n) is 4.73. The zero-order valence-corrected chi connectivity index (χ0v) is 12.0. The Hall–Kier alpha value is -1.26. The van der Waals surface area contributed by atoms with Crippen LogP contribution in [0, 0.1) is 5.41 Å². The average Bonchev–Trinajstić information content (AvgIpc) is 2.36. The van der Waals surface area contributed by atoms with Gasteiger partial charge in [-0.25, -0.2) is 4.79 Å². The zero-order valence-electron chi connectivity index (χ0n) is 12.0. The average molecular weight is 258 g/mol. The minimum Gasteiger partial charge on any atom is -0.481 e. The predicted octanol–water partition coefficient (Wildman–Crippen LogP) is 2.32. The summed E-state index contributed by atoms with van der Waals surface area (Å²) in [6, 6.07) is -0.198. The molecule has 0 aliphatic carbocycles. The lowest BCUT2D eigenvalue weighted by Crippen LogP contribution is -2.46. The molecule has 2 N–H and O–H groups in total. The summed E-state index contributed by atoms with van der Waals surface area (Å²) in [7, 11) is 1.73. The fourth-order valence-corrected chi connectivity index (χ4v) is 1.75. The molecule has 0 saturated carbocycles. The maximum absolute atomic E-state index is 11.8. The van der Waals surface area contributed by atoms with Crippen molar-refractivity contribution in [3.63, 3.8) is 0 Å². The Bertz CT molecular complexity index is 275. The third-order valence-electron chi connectivity index (χ3n) is 3.58. The number of amides is 2. The number of urea groups is 1. The Balaban J connectivity index is 4.36. The number of unbranched alkanes of at least 4 members (excludes halogenated alkanes) is 1. The van der Waals surface area contributed by atoms with Gasteiger partial charge in [0.25, 0.3) is 0 Å². The first kappa shape index (κ1) is 16.7. The molecule has 0 radical (unpaired) electrons. The SMILES string of the molecule is CCCCN(C)C(=O)NCC(CC)(CC)C(=O)O. The second-order valence-corrected chi connectivity index (χ2v) is 4.73. The summed E-state index contributed by atoms with van der Waals surface area (Å²) in [5.74, 6) is -0.844. The maximum atomic E-state index is 11.8. The topological polar surface area (TPSA) is 69.6 Å². The van der Waals surface area contributed by atoms with E-state index in [-0.39, 0.29) is 12.6 Å². The number of carboxylic acid groups (broad SMARTS) is 1. The highest BCUT2D eigenvalue weighted by molar-refractivity contribution is 5.78. The summed E-state index contributed by atoms with van der Waals surface area (Å²) in [6.45, 7) is 6.62. The molecule has 0 heterocycles. The van der Waals surface area contributed by atoms with Crippen molar-refractivity contribution in [1.82, 2.24) is 10.2 Å². The van der Waals surface area contributed by atoms with Gasteiger partial charge < -0.3 is 15.3 Å². The van der Waals surface area contributed by atoms with Gasteiger partial charge in [0.2, 0.25) is 0 Å². The molecular formula is C13H26N2O3. The summed E-state index contributed by atoms with van der Waals surface area (Å²) in [5, 5.41) is 12.0. The highest BCUT2D eigenvalue weighted by atomic mass is 16.4. The summed E-state index contributed by atoms with van der Waals surface area (Å²) in [5.41, 5.74) is -0.846. The van der Waals surface area contributed by atoms with Crippen LogP contribution in [-0.2, 0) is 4.79 Å². The van der Waals surface area contributed by atoms with Crippen molar-refractivity contribution in [2.75, 3.05) is 20.1 Å². The van der Waals surface area contributed by atoms with Crippen LogP contribution in [0.3, 0.4) is 0 Å². The number of aliphatic carboxylic acids is 1. The van der Waals surface area contributed by atoms with Gasteiger partial charge in [-0.3, -0.25) is 4.79 Å². The molecule has 5 heteroatoms. The van der Waals surface area contributed by atoms with Crippen LogP contribution in [0.1, 0.15) is 46.5 Å². The molecule has 0 fully saturated rings. The molecule has 0 aromatic rings. The van der Waals surface area contributed by atoms with E-state index in [4.69, 9.17) is 0 Å². The molecule has 0 rings (SSSR count). The molecule has 18 heavy (non-hydrogen) atoms. The van der Waals surface area contributed by atoms with Gasteiger partial charge in [0.15, 0.2) is 0 Å². The molecule has 0 spiro atoms. The number of nitrogens with zero attached hydrogens (tertiary/aromatic N) is 1. The Kier molecular flexibility index (Phi) is 7.39. The standard InChI is InChI=1S/C13H26N2O3/c1-5-8-9-15(4)12(18)14-10-13(6-2,7-3)11(16)17/h5-10H2,1-4H3,(H,14,18)(H,16,17). The van der Waals surface area contributed by atoms with Gasteiger partial charge in [0, 0.05) is 20.1 Å². The smallest absolute Gasteiger partial charge is 0.317 e. The van der Waals surface area contributed by atoms with E-state index < -0.39 is 11.4 Å². The monoisotopic (exact) mass is 258 g/mol. The first-order valence-electron chi connectivity index (χ1n) is 6.65. The fourth-order valence-electron chi connectivity index (χ4n) is 1.75. The minimum absolute atomic E-state index is 0.185. The molecule has 0 unspecified atom stereocenters. The van der Waals surface area contributed by atoms with E-state index in [9.17, 15) is 14.7 Å². The predicted molar refractivity (Wildman–Crippen MR) is 71.6 cm³/mol. The summed E-state index contributed by atoms with van der Waals surface area (Å²) >= 11 is 0. The molecule has 0 atom stereocenters. The van der Waals surface area contributed by atoms with E-state index in [0.29, 0.717) is 19.4 Å². The minimum atomic E-state index is -0.846. The van der Waals surface area contributed by atoms with Crippen molar-refractivity contribution in [1.29, 1.82) is 0 Å². The molecule has 0 aliphatic heterocycles. The van der Waals surface area contributed by atoms with Gasteiger partial charge in [-0.2, -0.15) is 0 Å². The lowest BCUT2D eigenvalue weighted by atomic mass is 9.82. The van der Waals surface area contributed by atoms with Crippen LogP contribution in [0.5, 0.6) is 0 Å². The number of carboxylic acids is 1. The highest BCUT2D eigenvalue weighted by Gasteiger charge is 2.35. The van der Waals surface area contributed by atoms with Gasteiger partial charge >= 0.3 is 12.0 Å². The number of nitrogens with one attached hydrogen (secondary N) is 1. The van der Waals surface area contributed by atoms with E-state index in [2.05, 4.69) is 12.2 Å². The lowest BCUT2D eigenvalue weighted by molar-refractivity contribution is -0.149. The fraction of sp³-hybridized carbons (Fsp3) is 0.846. The molecule has 0 aliphatic rings. The molecule has 0 aromatic carbocycles. The number of hydrogen-bond donors (Lipinski definition) is 2. The molecule has 0 bridgehead atoms. The Labute approximate surface area is 110 Å². The molecule has 2 amide bonds. The van der Waals surface area contributed by atoms with Crippen LogP contribution in [0.4, 0.5) is 4.79 Å². The van der Waals surface area contributed by atoms with Crippen LogP contribution in [-0.4, -0.2) is 42.1 Å². The van der Waals surface area contributed by atoms with Crippen molar-refractivity contribution in [2.45, 2.75) is 46.5 Å². The molecule has 5 nitrogen and oxygen atoms in total. The van der Waals surface area contributed by atoms with E-state index in [1.54, 1.807) is 11.9 Å². The zero-order chi connectivity index (χ0) is 14.2. The van der Waals surface area contributed by atoms with Crippen molar-refractivity contribution in [2.24, 2.45) is 5.41 Å². The number of rotatable bonds is 8. The van der Waals surface area contributed by atoms with Gasteiger partial charge in [-0.05, 0) is 19.3 Å². The van der Waals surface area contributed by atoms with Crippen LogP contribution in [0.25, 0.3) is 0 Å². The van der Waals surface area contributed by atoms with Gasteiger partial charge in [0.1, 0.15) is 0 Å². The Morgan fingerprint density at radius 1 is 1.22 bits per heavy atom. The number of carbonyl (C=O) groups is 2. The van der Waals surface area contributed by atoms with Crippen molar-refractivity contribution in [3.05, 3.63) is 0 Å². The highest BCUT2D eigenvalue weighted by Crippen LogP contribution is 2.25. The Morgan fingerprint density at radius 3 is 2.17 bits per heavy atom. The quantitative estimate of drug-likeness (QED) is 0.702. The van der Waals surface area contributed by atoms with Crippen molar-refractivity contribution >= 4 is 12.0 Å². The normalized spacial score (nSPS) is 11.1. The first-order chi connectivity index (χ1) is 8.43. The molecule has 0 aromatic heterocycles. The molecule has 0 saturated heterocycles. The van der Waals surface area contributed by atoms with E-state index in [1.807, 2.05) is 13.8 Å². The van der Waals surface area contributed by atoms with Gasteiger partial charge in [0.05, 0.1) is 5.41 Å². The third kappa shape index (κ3) is 4.55. The number of hydrogen-bond acceptors (Lipinski definition) is 2. The van der Waals surface area contributed by atoms with Crippen LogP contribution >= 0.6 is 0 Å². The summed E-state index contributed by atoms with van der Waals surface area (Å²) in [6.07, 6.45) is 3.01. The maximum Gasteiger partial charge on any atom is 0.317 e. The third-order valence-corrected chi connectivity index (χ3v) is 3.58. The van der Waals surface area contributed by atoms with E-state index in [1.165, 1.54) is 0 Å². The van der Waals surface area contributed by atoms with Crippen molar-refractivity contribution in [3.8, 4) is 0 Å². The lowest BCUT2D eigenvalue weighted by Gasteiger charge is -2.28. The van der Waals surface area contributed by atoms with E-state index >= 15 is 0 Å². The Morgan fingerprint density at radius 2 is 1.78 bits per heavy atom. The van der Waals surface area contributed by atoms with Gasteiger partial charge in [-0.15, -0.1) is 0 Å². The summed E-state index contributed by atoms with van der Waals surface area (Å²) in [4.78, 5) is 24.6. The van der Waals surface area contributed by atoms with Crippen LogP contribution in [0.15, 0.2) is 0 Å². The van der Waals surface area contributed by atoms with Crippen molar-refractivity contribution < 1.29 is 14.7 Å². The van der Waals surface area contributed by atoms with Gasteiger partial charge in [-0.1, -0.05) is 27.2 Å². The largest absolute Gasteiger partial charge is 0.481 e. The summed E-state index contributed by atoms with van der Waals surface area (Å²) < 4.78 is 0. The van der Waals surface area contributed by atoms with Crippen LogP contribution in [0.2, 0.25) is 0 Å². The molecule has 106 valence electrons.